The molecule has 1 aromatic carbocycles. The van der Waals surface area contributed by atoms with Gasteiger partial charge >= 0.3 is 19.5 Å². The number of nitrogens with one attached hydrogen (secondary N) is 1. The van der Waals surface area contributed by atoms with Crippen LogP contribution in [0.3, 0.4) is 0 Å². The van der Waals surface area contributed by atoms with Gasteiger partial charge in [-0.3, -0.25) is 23.4 Å². The Labute approximate surface area is 182 Å². The Morgan fingerprint density at radius 3 is 2.84 bits per heavy atom. The molecule has 0 spiro atoms. The van der Waals surface area contributed by atoms with Crippen LogP contribution in [0.5, 0.6) is 0 Å². The molecule has 13 heteroatoms. The number of hydrogen-bond acceptors (Lipinski definition) is 8. The number of aromatic nitrogens is 2. The molecule has 2 N–H and O–H groups in total. The van der Waals surface area contributed by atoms with E-state index in [2.05, 4.69) is 0 Å². The van der Waals surface area contributed by atoms with Crippen LogP contribution < -0.4 is 11.2 Å². The van der Waals surface area contributed by atoms with E-state index in [1.54, 1.807) is 25.1 Å². The van der Waals surface area contributed by atoms with E-state index in [1.807, 2.05) is 4.98 Å². The van der Waals surface area contributed by atoms with Crippen LogP contribution >= 0.6 is 7.82 Å². The molecule has 1 aliphatic heterocycles. The van der Waals surface area contributed by atoms with Crippen LogP contribution in [0, 0.1) is 5.82 Å². The minimum absolute atomic E-state index is 0. The van der Waals surface area contributed by atoms with Crippen LogP contribution in [-0.4, -0.2) is 39.7 Å². The lowest BCUT2D eigenvalue weighted by Gasteiger charge is -2.18. The second kappa shape index (κ2) is 10.3. The van der Waals surface area contributed by atoms with E-state index in [9.17, 15) is 28.2 Å². The van der Waals surface area contributed by atoms with E-state index in [4.69, 9.17) is 18.5 Å². The van der Waals surface area contributed by atoms with Gasteiger partial charge in [0.25, 0.3) is 5.56 Å². The second-order valence-electron chi connectivity index (χ2n) is 6.85. The van der Waals surface area contributed by atoms with E-state index < -0.39 is 43.2 Å². The average Bonchev–Trinajstić information content (AvgIpc) is 3.23. The van der Waals surface area contributed by atoms with Crippen LogP contribution in [0.2, 0.25) is 0 Å². The number of phosphoric ester groups is 1. The summed E-state index contributed by atoms with van der Waals surface area (Å²) in [5, 5.41) is 0. The summed E-state index contributed by atoms with van der Waals surface area (Å²) in [6.45, 7) is 1.13. The van der Waals surface area contributed by atoms with Crippen molar-refractivity contribution in [1.29, 1.82) is 0 Å². The number of esters is 1. The number of halogens is 1. The zero-order valence-electron chi connectivity index (χ0n) is 17.1. The van der Waals surface area contributed by atoms with Gasteiger partial charge in [-0.05, 0) is 31.4 Å². The molecule has 0 amide bonds. The fourth-order valence-corrected chi connectivity index (χ4v) is 3.84. The maximum absolute atomic E-state index is 13.5. The summed E-state index contributed by atoms with van der Waals surface area (Å²) in [7, 11) is -4.50. The maximum atomic E-state index is 13.5. The van der Waals surface area contributed by atoms with Gasteiger partial charge in [-0.1, -0.05) is 18.2 Å². The van der Waals surface area contributed by atoms with Crippen LogP contribution in [0.15, 0.2) is 40.1 Å². The van der Waals surface area contributed by atoms with Crippen molar-refractivity contribution in [2.75, 3.05) is 13.2 Å². The van der Waals surface area contributed by atoms with Gasteiger partial charge in [0, 0.05) is 1.43 Å². The maximum Gasteiger partial charge on any atom is 0.472 e. The summed E-state index contributed by atoms with van der Waals surface area (Å²) in [6, 6.07) is 6.32. The minimum Gasteiger partial charge on any atom is -0.462 e. The summed E-state index contributed by atoms with van der Waals surface area (Å²) >= 11 is 0. The van der Waals surface area contributed by atoms with Gasteiger partial charge in [0.05, 0.1) is 37.7 Å². The zero-order valence-corrected chi connectivity index (χ0v) is 18.0. The predicted octanol–water partition coefficient (Wildman–Crippen LogP) is 2.11. The lowest BCUT2D eigenvalue weighted by Crippen LogP contribution is -2.34. The molecule has 0 saturated carbocycles. The number of nitrogens with zero attached hydrogens (tertiary/aromatic N) is 1. The molecule has 0 aliphatic carbocycles. The Kier molecular flexibility index (Phi) is 7.75. The summed E-state index contributed by atoms with van der Waals surface area (Å²) in [5.74, 6) is -1.72. The lowest BCUT2D eigenvalue weighted by atomic mass is 10.1. The van der Waals surface area contributed by atoms with Crippen molar-refractivity contribution in [3.05, 3.63) is 68.2 Å². The number of hydrogen-bond donors (Lipinski definition) is 2. The quantitative estimate of drug-likeness (QED) is 0.412. The Bertz CT molecular complexity index is 1140. The van der Waals surface area contributed by atoms with Gasteiger partial charge in [-0.25, -0.2) is 14.2 Å². The average molecular weight is 474 g/mol. The zero-order chi connectivity index (χ0) is 23.3. The Morgan fingerprint density at radius 2 is 2.09 bits per heavy atom. The first-order valence-electron chi connectivity index (χ1n) is 9.73. The molecule has 1 aliphatic rings. The summed E-state index contributed by atoms with van der Waals surface area (Å²) in [6.07, 6.45) is -0.140. The molecule has 2 aromatic rings. The molecule has 1 unspecified atom stereocenters. The Morgan fingerprint density at radius 1 is 1.34 bits per heavy atom. The SMILES string of the molecule is CCOC(=O)c1ccccc1COP(=O)(O)OC[C@@H]1CC[C@H](n2cc(F)c(=O)[nH]c2=O)O1.[HH]. The normalized spacial score (nSPS) is 20.1. The van der Waals surface area contributed by atoms with Crippen molar-refractivity contribution in [3.8, 4) is 0 Å². The third-order valence-corrected chi connectivity index (χ3v) is 5.57. The first kappa shape index (κ1) is 24.0. The third-order valence-electron chi connectivity index (χ3n) is 4.64. The number of benzene rings is 1. The highest BCUT2D eigenvalue weighted by atomic mass is 31.2. The number of H-pyrrole nitrogens is 1. The van der Waals surface area contributed by atoms with Crippen molar-refractivity contribution in [2.45, 2.75) is 38.7 Å². The van der Waals surface area contributed by atoms with E-state index in [1.165, 1.54) is 6.07 Å². The fourth-order valence-electron chi connectivity index (χ4n) is 3.11. The third kappa shape index (κ3) is 5.99. The molecule has 1 saturated heterocycles. The molecule has 3 rings (SSSR count). The number of aromatic amines is 1. The van der Waals surface area contributed by atoms with E-state index >= 15 is 0 Å². The molecule has 11 nitrogen and oxygen atoms in total. The van der Waals surface area contributed by atoms with Crippen LogP contribution in [0.25, 0.3) is 0 Å². The predicted molar refractivity (Wildman–Crippen MR) is 110 cm³/mol. The smallest absolute Gasteiger partial charge is 0.462 e. The standard InChI is InChI=1S/C19H22FN2O9P.H2/c1-2-28-18(24)14-6-4-3-5-12(14)10-29-32(26,27)30-11-13-7-8-16(31-13)22-9-15(20)17(23)21-19(22)25;/h3-6,9,13,16H,2,7-8,10-11H2,1H3,(H,26,27)(H,21,23,25);1H/t13-,16+;/m0./s1. The monoisotopic (exact) mass is 474 g/mol. The molecule has 176 valence electrons. The number of carbonyl (C=O) groups excluding carboxylic acids is 1. The van der Waals surface area contributed by atoms with Crippen molar-refractivity contribution < 1.29 is 38.6 Å². The molecule has 3 atom stereocenters. The van der Waals surface area contributed by atoms with Gasteiger partial charge in [-0.15, -0.1) is 0 Å². The number of carbonyl (C=O) groups is 1. The number of ether oxygens (including phenoxy) is 2. The second-order valence-corrected chi connectivity index (χ2v) is 8.30. The summed E-state index contributed by atoms with van der Waals surface area (Å²) in [5.41, 5.74) is -1.42. The first-order valence-corrected chi connectivity index (χ1v) is 11.2. The fraction of sp³-hybridized carbons (Fsp3) is 0.421. The highest BCUT2D eigenvalue weighted by Crippen LogP contribution is 2.45. The number of rotatable bonds is 9. The topological polar surface area (TPSA) is 146 Å². The van der Waals surface area contributed by atoms with Crippen molar-refractivity contribution in [3.63, 3.8) is 0 Å². The van der Waals surface area contributed by atoms with Gasteiger partial charge in [-0.2, -0.15) is 4.39 Å². The van der Waals surface area contributed by atoms with E-state index in [0.717, 1.165) is 10.8 Å². The molecule has 0 bridgehead atoms. The van der Waals surface area contributed by atoms with E-state index in [-0.39, 0.29) is 26.8 Å². The van der Waals surface area contributed by atoms with E-state index in [0.29, 0.717) is 18.4 Å². The summed E-state index contributed by atoms with van der Waals surface area (Å²) < 4.78 is 47.1. The van der Waals surface area contributed by atoms with Gasteiger partial charge < -0.3 is 14.4 Å². The lowest BCUT2D eigenvalue weighted by molar-refractivity contribution is -0.0267. The Hall–Kier alpha value is -2.63. The molecule has 2 heterocycles. The largest absolute Gasteiger partial charge is 0.472 e. The molecule has 0 radical (unpaired) electrons. The highest BCUT2D eigenvalue weighted by molar-refractivity contribution is 7.47. The van der Waals surface area contributed by atoms with Crippen LogP contribution in [0.4, 0.5) is 4.39 Å². The summed E-state index contributed by atoms with van der Waals surface area (Å²) in [4.78, 5) is 46.7. The first-order chi connectivity index (χ1) is 15.2. The Balaban J connectivity index is 0.00000385. The van der Waals surface area contributed by atoms with Gasteiger partial charge in [0.15, 0.2) is 0 Å². The van der Waals surface area contributed by atoms with Crippen LogP contribution in [0.1, 0.15) is 43.3 Å². The van der Waals surface area contributed by atoms with Gasteiger partial charge in [0.2, 0.25) is 5.82 Å². The van der Waals surface area contributed by atoms with Gasteiger partial charge in [0.1, 0.15) is 6.23 Å². The number of phosphoric acid groups is 1. The van der Waals surface area contributed by atoms with Crippen molar-refractivity contribution in [1.82, 2.24) is 9.55 Å². The van der Waals surface area contributed by atoms with Crippen molar-refractivity contribution >= 4 is 13.8 Å². The van der Waals surface area contributed by atoms with Crippen molar-refractivity contribution in [2.24, 2.45) is 0 Å². The minimum atomic E-state index is -4.50. The molecular weight excluding hydrogens is 450 g/mol. The highest BCUT2D eigenvalue weighted by Gasteiger charge is 2.31. The molecule has 32 heavy (non-hydrogen) atoms. The molecule has 1 fully saturated rings. The molecular formula is C19H24FN2O9P. The molecule has 1 aromatic heterocycles. The van der Waals surface area contributed by atoms with Crippen LogP contribution in [-0.2, 0) is 29.7 Å².